The van der Waals surface area contributed by atoms with Crippen LogP contribution in [0.3, 0.4) is 0 Å². The molecule has 38 heavy (non-hydrogen) atoms. The summed E-state index contributed by atoms with van der Waals surface area (Å²) in [5, 5.41) is 11.4. The lowest BCUT2D eigenvalue weighted by Gasteiger charge is -2.26. The number of carboxylic acids is 1. The van der Waals surface area contributed by atoms with Crippen molar-refractivity contribution in [2.45, 2.75) is 13.5 Å². The van der Waals surface area contributed by atoms with Crippen molar-refractivity contribution in [1.82, 2.24) is 5.32 Å². The van der Waals surface area contributed by atoms with Gasteiger partial charge in [-0.15, -0.1) is 0 Å². The Bertz CT molecular complexity index is 1470. The van der Waals surface area contributed by atoms with Gasteiger partial charge in [0.1, 0.15) is 12.2 Å². The molecular formula is C27H20Br2N2O7. The van der Waals surface area contributed by atoms with E-state index in [9.17, 15) is 24.3 Å². The third-order valence-corrected chi connectivity index (χ3v) is 6.50. The van der Waals surface area contributed by atoms with Crippen LogP contribution in [-0.4, -0.2) is 35.5 Å². The zero-order chi connectivity index (χ0) is 27.4. The molecule has 1 fully saturated rings. The Kier molecular flexibility index (Phi) is 8.28. The van der Waals surface area contributed by atoms with Crippen LogP contribution >= 0.6 is 31.9 Å². The van der Waals surface area contributed by atoms with Gasteiger partial charge < -0.3 is 14.6 Å². The molecule has 0 atom stereocenters. The van der Waals surface area contributed by atoms with E-state index in [1.165, 1.54) is 18.2 Å². The Morgan fingerprint density at radius 2 is 1.76 bits per heavy atom. The molecule has 3 aromatic carbocycles. The summed E-state index contributed by atoms with van der Waals surface area (Å²) in [5.41, 5.74) is 1.31. The van der Waals surface area contributed by atoms with Crippen LogP contribution in [0.2, 0.25) is 0 Å². The highest BCUT2D eigenvalue weighted by Crippen LogP contribution is 2.38. The van der Waals surface area contributed by atoms with Gasteiger partial charge in [-0.25, -0.2) is 14.5 Å². The maximum absolute atomic E-state index is 13.2. The van der Waals surface area contributed by atoms with Crippen LogP contribution in [0, 0.1) is 0 Å². The van der Waals surface area contributed by atoms with Crippen LogP contribution in [0.4, 0.5) is 10.5 Å². The molecule has 0 saturated carbocycles. The summed E-state index contributed by atoms with van der Waals surface area (Å²) in [6.07, 6.45) is 1.36. The second kappa shape index (κ2) is 11.6. The van der Waals surface area contributed by atoms with Crippen molar-refractivity contribution in [1.29, 1.82) is 0 Å². The molecule has 1 aliphatic heterocycles. The fourth-order valence-electron chi connectivity index (χ4n) is 3.67. The number of ether oxygens (including phenoxy) is 2. The Balaban J connectivity index is 1.64. The Labute approximate surface area is 234 Å². The molecule has 1 saturated heterocycles. The molecule has 1 aliphatic rings. The van der Waals surface area contributed by atoms with E-state index in [2.05, 4.69) is 37.2 Å². The van der Waals surface area contributed by atoms with Gasteiger partial charge in [-0.05, 0) is 88.6 Å². The maximum atomic E-state index is 13.2. The minimum absolute atomic E-state index is 0.0748. The molecular weight excluding hydrogens is 624 g/mol. The summed E-state index contributed by atoms with van der Waals surface area (Å²) in [4.78, 5) is 50.4. The first kappa shape index (κ1) is 27.1. The van der Waals surface area contributed by atoms with Crippen molar-refractivity contribution in [2.75, 3.05) is 11.5 Å². The van der Waals surface area contributed by atoms with Gasteiger partial charge in [-0.1, -0.05) is 28.1 Å². The van der Waals surface area contributed by atoms with Crippen molar-refractivity contribution in [3.05, 3.63) is 91.9 Å². The van der Waals surface area contributed by atoms with Gasteiger partial charge in [0.05, 0.1) is 22.3 Å². The topological polar surface area (TPSA) is 122 Å². The van der Waals surface area contributed by atoms with Crippen LogP contribution in [0.25, 0.3) is 6.08 Å². The monoisotopic (exact) mass is 642 g/mol. The predicted molar refractivity (Wildman–Crippen MR) is 146 cm³/mol. The van der Waals surface area contributed by atoms with Gasteiger partial charge in [0.15, 0.2) is 11.5 Å². The number of carboxylic acid groups (broad SMARTS) is 1. The molecule has 4 amide bonds. The highest BCUT2D eigenvalue weighted by Gasteiger charge is 2.36. The van der Waals surface area contributed by atoms with Gasteiger partial charge >= 0.3 is 12.0 Å². The number of carbonyl (C=O) groups excluding carboxylic acids is 3. The summed E-state index contributed by atoms with van der Waals surface area (Å²) in [6.45, 7) is 2.17. The number of carbonyl (C=O) groups is 4. The number of hydrogen-bond acceptors (Lipinski definition) is 6. The fourth-order valence-corrected chi connectivity index (χ4v) is 4.51. The van der Waals surface area contributed by atoms with Crippen molar-refractivity contribution < 1.29 is 33.8 Å². The zero-order valence-corrected chi connectivity index (χ0v) is 23.0. The molecule has 0 aliphatic carbocycles. The van der Waals surface area contributed by atoms with E-state index in [4.69, 9.17) is 9.47 Å². The van der Waals surface area contributed by atoms with Crippen molar-refractivity contribution >= 4 is 67.4 Å². The van der Waals surface area contributed by atoms with E-state index < -0.39 is 23.8 Å². The number of imide groups is 2. The second-order valence-electron chi connectivity index (χ2n) is 7.99. The average Bonchev–Trinajstić information content (AvgIpc) is 2.87. The zero-order valence-electron chi connectivity index (χ0n) is 19.9. The van der Waals surface area contributed by atoms with Crippen LogP contribution in [0.1, 0.15) is 28.4 Å². The van der Waals surface area contributed by atoms with E-state index in [1.54, 1.807) is 55.5 Å². The third-order valence-electron chi connectivity index (χ3n) is 5.39. The van der Waals surface area contributed by atoms with E-state index in [-0.39, 0.29) is 17.7 Å². The molecule has 4 rings (SSSR count). The average molecular weight is 644 g/mol. The SMILES string of the molecule is CCOc1cc(/C=C2\C(=O)NC(=O)N(c3ccc(Br)cc3)C2=O)cc(Br)c1OCc1cccc(C(=O)O)c1. The normalized spacial score (nSPS) is 14.4. The molecule has 11 heteroatoms. The Hall–Kier alpha value is -3.96. The Morgan fingerprint density at radius 1 is 1.03 bits per heavy atom. The number of rotatable bonds is 8. The largest absolute Gasteiger partial charge is 0.490 e. The first-order valence-electron chi connectivity index (χ1n) is 11.3. The molecule has 0 aromatic heterocycles. The summed E-state index contributed by atoms with van der Waals surface area (Å²) < 4.78 is 12.9. The third kappa shape index (κ3) is 5.95. The van der Waals surface area contributed by atoms with E-state index in [0.29, 0.717) is 39.4 Å². The minimum Gasteiger partial charge on any atom is -0.490 e. The van der Waals surface area contributed by atoms with Gasteiger partial charge in [0, 0.05) is 4.47 Å². The van der Waals surface area contributed by atoms with Gasteiger partial charge in [0.2, 0.25) is 0 Å². The molecule has 0 unspecified atom stereocenters. The van der Waals surface area contributed by atoms with Crippen molar-refractivity contribution in [3.8, 4) is 11.5 Å². The maximum Gasteiger partial charge on any atom is 0.335 e. The first-order valence-corrected chi connectivity index (χ1v) is 12.8. The highest BCUT2D eigenvalue weighted by atomic mass is 79.9. The van der Waals surface area contributed by atoms with Gasteiger partial charge in [0.25, 0.3) is 11.8 Å². The van der Waals surface area contributed by atoms with Crippen molar-refractivity contribution in [3.63, 3.8) is 0 Å². The molecule has 1 heterocycles. The van der Waals surface area contributed by atoms with Crippen LogP contribution < -0.4 is 19.7 Å². The molecule has 0 spiro atoms. The summed E-state index contributed by atoms with van der Waals surface area (Å²) in [7, 11) is 0. The smallest absolute Gasteiger partial charge is 0.335 e. The number of nitrogens with zero attached hydrogens (tertiary/aromatic N) is 1. The van der Waals surface area contributed by atoms with E-state index in [1.807, 2.05) is 0 Å². The van der Waals surface area contributed by atoms with Crippen LogP contribution in [0.15, 0.2) is 75.2 Å². The van der Waals surface area contributed by atoms with Gasteiger partial charge in [-0.3, -0.25) is 14.9 Å². The summed E-state index contributed by atoms with van der Waals surface area (Å²) in [6, 6.07) is 15.3. The number of nitrogens with one attached hydrogen (secondary N) is 1. The molecule has 194 valence electrons. The van der Waals surface area contributed by atoms with E-state index >= 15 is 0 Å². The quantitative estimate of drug-likeness (QED) is 0.244. The standard InChI is InChI=1S/C27H20Br2N2O7/c1-2-37-22-13-16(12-21(29)23(22)38-14-15-4-3-5-17(10-15)26(34)35)11-20-24(32)30-27(36)31(25(20)33)19-8-6-18(28)7-9-19/h3-13H,2,14H2,1H3,(H,34,35)(H,30,32,36)/b20-11+. The number of amides is 4. The minimum atomic E-state index is -1.04. The molecule has 3 aromatic rings. The molecule has 2 N–H and O–H groups in total. The fraction of sp³-hybridized carbons (Fsp3) is 0.111. The lowest BCUT2D eigenvalue weighted by molar-refractivity contribution is -0.122. The molecule has 0 radical (unpaired) electrons. The Morgan fingerprint density at radius 3 is 2.45 bits per heavy atom. The number of hydrogen-bond donors (Lipinski definition) is 2. The second-order valence-corrected chi connectivity index (χ2v) is 9.76. The number of barbiturate groups is 1. The molecule has 0 bridgehead atoms. The highest BCUT2D eigenvalue weighted by molar-refractivity contribution is 9.10. The number of anilines is 1. The van der Waals surface area contributed by atoms with E-state index in [0.717, 1.165) is 9.37 Å². The number of benzene rings is 3. The van der Waals surface area contributed by atoms with Gasteiger partial charge in [-0.2, -0.15) is 0 Å². The predicted octanol–water partition coefficient (Wildman–Crippen LogP) is 5.55. The first-order chi connectivity index (χ1) is 18.2. The lowest BCUT2D eigenvalue weighted by Crippen LogP contribution is -2.54. The molecule has 9 nitrogen and oxygen atoms in total. The number of halogens is 2. The summed E-state index contributed by atoms with van der Waals surface area (Å²) in [5.74, 6) is -1.93. The number of aromatic carboxylic acids is 1. The summed E-state index contributed by atoms with van der Waals surface area (Å²) >= 11 is 6.77. The lowest BCUT2D eigenvalue weighted by atomic mass is 10.1. The van der Waals surface area contributed by atoms with Crippen molar-refractivity contribution in [2.24, 2.45) is 0 Å². The van der Waals surface area contributed by atoms with Crippen LogP contribution in [0.5, 0.6) is 11.5 Å². The number of urea groups is 1. The van der Waals surface area contributed by atoms with Crippen LogP contribution in [-0.2, 0) is 16.2 Å².